The average Bonchev–Trinajstić information content (AvgIpc) is 3.05. The molecule has 0 N–H and O–H groups in total. The second kappa shape index (κ2) is 11.1. The minimum atomic E-state index is 0.304. The summed E-state index contributed by atoms with van der Waals surface area (Å²) in [5, 5.41) is 0. The highest BCUT2D eigenvalue weighted by atomic mass is 16.5. The van der Waals surface area contributed by atoms with Crippen LogP contribution in [0.25, 0.3) is 0 Å². The van der Waals surface area contributed by atoms with E-state index in [0.29, 0.717) is 36.6 Å². The predicted molar refractivity (Wildman–Crippen MR) is 117 cm³/mol. The molecule has 0 spiro atoms. The van der Waals surface area contributed by atoms with Crippen molar-refractivity contribution in [3.63, 3.8) is 0 Å². The van der Waals surface area contributed by atoms with Crippen LogP contribution in [0.5, 0.6) is 0 Å². The molecule has 6 unspecified atom stereocenters. The second-order valence-corrected chi connectivity index (χ2v) is 9.67. The third-order valence-electron chi connectivity index (χ3n) is 8.00. The lowest BCUT2D eigenvalue weighted by Gasteiger charge is -2.37. The zero-order chi connectivity index (χ0) is 20.8. The van der Waals surface area contributed by atoms with Crippen LogP contribution in [0, 0.1) is 11.8 Å². The van der Waals surface area contributed by atoms with Crippen LogP contribution in [0.3, 0.4) is 0 Å². The molecular formula is C24H44N2O3. The van der Waals surface area contributed by atoms with Crippen molar-refractivity contribution in [3.8, 4) is 0 Å². The van der Waals surface area contributed by atoms with Crippen molar-refractivity contribution < 1.29 is 14.3 Å². The maximum Gasteiger partial charge on any atom is 0.222 e. The molecule has 168 valence electrons. The van der Waals surface area contributed by atoms with Gasteiger partial charge in [-0.25, -0.2) is 0 Å². The van der Waals surface area contributed by atoms with Gasteiger partial charge in [-0.1, -0.05) is 13.3 Å². The molecule has 3 fully saturated rings. The molecular weight excluding hydrogens is 364 g/mol. The molecule has 29 heavy (non-hydrogen) atoms. The largest absolute Gasteiger partial charge is 0.381 e. The van der Waals surface area contributed by atoms with Gasteiger partial charge in [-0.3, -0.25) is 9.69 Å². The molecule has 3 aliphatic rings. The van der Waals surface area contributed by atoms with E-state index in [1.165, 1.54) is 51.5 Å². The summed E-state index contributed by atoms with van der Waals surface area (Å²) >= 11 is 0. The first-order valence-electron chi connectivity index (χ1n) is 12.1. The Morgan fingerprint density at radius 1 is 0.931 bits per heavy atom. The van der Waals surface area contributed by atoms with Gasteiger partial charge in [0.2, 0.25) is 5.91 Å². The number of amides is 1. The number of fused-ring (bicyclic) bond motifs is 3. The van der Waals surface area contributed by atoms with Gasteiger partial charge in [0.1, 0.15) is 0 Å². The smallest absolute Gasteiger partial charge is 0.222 e. The summed E-state index contributed by atoms with van der Waals surface area (Å²) < 4.78 is 11.5. The minimum Gasteiger partial charge on any atom is -0.381 e. The Morgan fingerprint density at radius 3 is 2.03 bits per heavy atom. The quantitative estimate of drug-likeness (QED) is 0.511. The molecule has 1 heterocycles. The van der Waals surface area contributed by atoms with E-state index in [0.717, 1.165) is 37.6 Å². The predicted octanol–water partition coefficient (Wildman–Crippen LogP) is 4.10. The van der Waals surface area contributed by atoms with Gasteiger partial charge in [-0.15, -0.1) is 0 Å². The Balaban J connectivity index is 1.52. The maximum atomic E-state index is 12.2. The van der Waals surface area contributed by atoms with Crippen LogP contribution in [0.4, 0.5) is 0 Å². The third kappa shape index (κ3) is 5.54. The number of carbonyl (C=O) groups is 1. The van der Waals surface area contributed by atoms with E-state index in [-0.39, 0.29) is 0 Å². The van der Waals surface area contributed by atoms with Gasteiger partial charge in [0.05, 0.1) is 12.2 Å². The number of ether oxygens (including phenoxy) is 2. The van der Waals surface area contributed by atoms with E-state index >= 15 is 0 Å². The molecule has 1 aliphatic heterocycles. The number of carbonyl (C=O) groups excluding carboxylic acids is 1. The van der Waals surface area contributed by atoms with Gasteiger partial charge in [-0.05, 0) is 76.2 Å². The summed E-state index contributed by atoms with van der Waals surface area (Å²) in [4.78, 5) is 16.9. The number of methoxy groups -OCH3 is 2. The van der Waals surface area contributed by atoms with Crippen LogP contribution in [0.2, 0.25) is 0 Å². The molecule has 5 heteroatoms. The lowest BCUT2D eigenvalue weighted by atomic mass is 9.72. The standard InChI is InChI=1S/C24H44N2O3/c1-5-14-25(2)24(27)9-7-6-8-15-26-22-16-18(28-3)10-12-20(22)21-13-11-19(29-4)17-23(21)26/h18-23H,5-17H2,1-4H3. The van der Waals surface area contributed by atoms with Crippen molar-refractivity contribution in [3.05, 3.63) is 0 Å². The Labute approximate surface area is 178 Å². The minimum absolute atomic E-state index is 0.304. The highest BCUT2D eigenvalue weighted by molar-refractivity contribution is 5.75. The van der Waals surface area contributed by atoms with Crippen LogP contribution in [-0.2, 0) is 14.3 Å². The van der Waals surface area contributed by atoms with Crippen molar-refractivity contribution in [2.45, 2.75) is 102 Å². The normalized spacial score (nSPS) is 34.6. The maximum absolute atomic E-state index is 12.2. The molecule has 0 aromatic heterocycles. The number of rotatable bonds is 10. The van der Waals surface area contributed by atoms with E-state index in [9.17, 15) is 4.79 Å². The van der Waals surface area contributed by atoms with Crippen molar-refractivity contribution >= 4 is 5.91 Å². The first-order valence-corrected chi connectivity index (χ1v) is 12.1. The monoisotopic (exact) mass is 408 g/mol. The molecule has 2 saturated carbocycles. The van der Waals surface area contributed by atoms with Crippen molar-refractivity contribution in [2.75, 3.05) is 34.4 Å². The van der Waals surface area contributed by atoms with E-state index in [2.05, 4.69) is 11.8 Å². The number of hydrogen-bond donors (Lipinski definition) is 0. The van der Waals surface area contributed by atoms with Gasteiger partial charge in [0, 0.05) is 46.3 Å². The van der Waals surface area contributed by atoms with Gasteiger partial charge in [0.15, 0.2) is 0 Å². The van der Waals surface area contributed by atoms with Crippen LogP contribution >= 0.6 is 0 Å². The number of nitrogens with zero attached hydrogens (tertiary/aromatic N) is 2. The summed E-state index contributed by atoms with van der Waals surface area (Å²) in [7, 11) is 5.69. The second-order valence-electron chi connectivity index (χ2n) is 9.67. The summed E-state index contributed by atoms with van der Waals surface area (Å²) in [6, 6.07) is 1.38. The van der Waals surface area contributed by atoms with E-state index in [1.807, 2.05) is 26.2 Å². The molecule has 1 saturated heterocycles. The summed E-state index contributed by atoms with van der Waals surface area (Å²) in [5.41, 5.74) is 0. The van der Waals surface area contributed by atoms with Crippen LogP contribution in [0.1, 0.15) is 77.6 Å². The van der Waals surface area contributed by atoms with Gasteiger partial charge < -0.3 is 14.4 Å². The van der Waals surface area contributed by atoms with Crippen LogP contribution in [0.15, 0.2) is 0 Å². The Kier molecular flexibility index (Phi) is 8.82. The molecule has 5 nitrogen and oxygen atoms in total. The molecule has 0 aromatic carbocycles. The molecule has 0 radical (unpaired) electrons. The zero-order valence-electron chi connectivity index (χ0n) is 19.3. The SMILES string of the molecule is CCCN(C)C(=O)CCCCCN1C2CC(OC)CCC2C2CCC(OC)CC21. The Bertz CT molecular complexity index is 486. The zero-order valence-corrected chi connectivity index (χ0v) is 19.3. The highest BCUT2D eigenvalue weighted by Crippen LogP contribution is 2.49. The van der Waals surface area contributed by atoms with Gasteiger partial charge in [0.25, 0.3) is 0 Å². The first kappa shape index (κ1) is 23.0. The molecule has 0 bridgehead atoms. The molecule has 0 aromatic rings. The number of unbranched alkanes of at least 4 members (excludes halogenated alkanes) is 2. The fourth-order valence-corrected chi connectivity index (χ4v) is 6.43. The summed E-state index contributed by atoms with van der Waals surface area (Å²) in [6.07, 6.45) is 13.5. The molecule has 3 rings (SSSR count). The highest BCUT2D eigenvalue weighted by Gasteiger charge is 2.52. The molecule has 2 aliphatic carbocycles. The summed E-state index contributed by atoms with van der Waals surface area (Å²) in [5.74, 6) is 2.01. The Hall–Kier alpha value is -0.650. The third-order valence-corrected chi connectivity index (χ3v) is 8.00. The molecule has 6 atom stereocenters. The van der Waals surface area contributed by atoms with Crippen molar-refractivity contribution in [1.82, 2.24) is 9.80 Å². The average molecular weight is 409 g/mol. The first-order chi connectivity index (χ1) is 14.1. The summed E-state index contributed by atoms with van der Waals surface area (Å²) in [6.45, 7) is 4.17. The van der Waals surface area contributed by atoms with Crippen molar-refractivity contribution in [1.29, 1.82) is 0 Å². The Morgan fingerprint density at radius 2 is 1.52 bits per heavy atom. The number of hydrogen-bond acceptors (Lipinski definition) is 4. The fourth-order valence-electron chi connectivity index (χ4n) is 6.43. The van der Waals surface area contributed by atoms with Crippen molar-refractivity contribution in [2.24, 2.45) is 11.8 Å². The molecule has 1 amide bonds. The van der Waals surface area contributed by atoms with Gasteiger partial charge >= 0.3 is 0 Å². The van der Waals surface area contributed by atoms with Gasteiger partial charge in [-0.2, -0.15) is 0 Å². The lowest BCUT2D eigenvalue weighted by molar-refractivity contribution is -0.130. The van der Waals surface area contributed by atoms with E-state index in [1.54, 1.807) is 0 Å². The van der Waals surface area contributed by atoms with Crippen LogP contribution < -0.4 is 0 Å². The van der Waals surface area contributed by atoms with Crippen LogP contribution in [-0.4, -0.2) is 74.4 Å². The topological polar surface area (TPSA) is 42.0 Å². The fraction of sp³-hybridized carbons (Fsp3) is 0.958. The number of likely N-dealkylation sites (tertiary alicyclic amines) is 1. The van der Waals surface area contributed by atoms with E-state index < -0.39 is 0 Å². The van der Waals surface area contributed by atoms with E-state index in [4.69, 9.17) is 9.47 Å². The lowest BCUT2D eigenvalue weighted by Crippen LogP contribution is -2.44.